The molecule has 6 heteroatoms. The molecule has 0 aliphatic carbocycles. The van der Waals surface area contributed by atoms with Crippen LogP contribution in [0, 0.1) is 0 Å². The number of carbonyl (C=O) groups is 2. The monoisotopic (exact) mass is 244 g/mol. The van der Waals surface area contributed by atoms with Gasteiger partial charge in [0.2, 0.25) is 0 Å². The zero-order valence-corrected chi connectivity index (χ0v) is 7.92. The Kier molecular flexibility index (Phi) is 4.44. The van der Waals surface area contributed by atoms with Gasteiger partial charge in [0.25, 0.3) is 0 Å². The first kappa shape index (κ1) is 10.7. The lowest BCUT2D eigenvalue weighted by molar-refractivity contribution is -0.144. The second-order valence-electron chi connectivity index (χ2n) is 1.66. The minimum Gasteiger partial charge on any atom is -0.480 e. The Morgan fingerprint density at radius 1 is 1.64 bits per heavy atom. The molecule has 0 aliphatic heterocycles. The highest BCUT2D eigenvalue weighted by atomic mass is 79.9. The molecule has 0 amide bonds. The Morgan fingerprint density at radius 3 is 2.36 bits per heavy atom. The van der Waals surface area contributed by atoms with Crippen LogP contribution in [-0.2, 0) is 14.3 Å². The number of carboxylic acid groups (broad SMARTS) is 1. The Labute approximate surface area is 76.6 Å². The van der Waals surface area contributed by atoms with Crippen LogP contribution >= 0.6 is 27.5 Å². The predicted molar refractivity (Wildman–Crippen MR) is 42.0 cm³/mol. The summed E-state index contributed by atoms with van der Waals surface area (Å²) in [5, 5.41) is 7.16. The van der Waals surface area contributed by atoms with E-state index in [1.165, 1.54) is 0 Å². The summed E-state index contributed by atoms with van der Waals surface area (Å²) < 4.78 is 4.22. The second kappa shape index (κ2) is 4.56. The van der Waals surface area contributed by atoms with Crippen LogP contribution in [0.25, 0.3) is 0 Å². The predicted octanol–water partition coefficient (Wildman–Crippen LogP) is 0.615. The fourth-order valence-electron chi connectivity index (χ4n) is 0.357. The molecule has 0 aromatic carbocycles. The highest BCUT2D eigenvalue weighted by Crippen LogP contribution is 2.13. The lowest BCUT2D eigenvalue weighted by Crippen LogP contribution is -2.31. The summed E-state index contributed by atoms with van der Waals surface area (Å²) in [5.74, 6) is -1.97. The number of esters is 1. The van der Waals surface area contributed by atoms with Gasteiger partial charge in [0, 0.05) is 0 Å². The molecule has 0 aliphatic rings. The lowest BCUT2D eigenvalue weighted by Gasteiger charge is -2.08. The first-order valence-corrected chi connectivity index (χ1v) is 3.94. The van der Waals surface area contributed by atoms with Crippen molar-refractivity contribution in [3.63, 3.8) is 0 Å². The molecule has 0 saturated heterocycles. The van der Waals surface area contributed by atoms with Crippen molar-refractivity contribution in [2.75, 3.05) is 7.11 Å². The Balaban J connectivity index is 4.12. The van der Waals surface area contributed by atoms with Crippen molar-refractivity contribution in [3.8, 4) is 0 Å². The van der Waals surface area contributed by atoms with Crippen LogP contribution in [0.1, 0.15) is 0 Å². The van der Waals surface area contributed by atoms with E-state index in [-0.39, 0.29) is 0 Å². The van der Waals surface area contributed by atoms with E-state index in [1.54, 1.807) is 0 Å². The van der Waals surface area contributed by atoms with Gasteiger partial charge in [0.15, 0.2) is 5.38 Å². The van der Waals surface area contributed by atoms with Crippen LogP contribution in [-0.4, -0.2) is 34.4 Å². The van der Waals surface area contributed by atoms with E-state index in [9.17, 15) is 9.59 Å². The summed E-state index contributed by atoms with van der Waals surface area (Å²) in [5.41, 5.74) is 0. The number of ether oxygens (including phenoxy) is 1. The number of alkyl halides is 2. The quantitative estimate of drug-likeness (QED) is 0.585. The summed E-state index contributed by atoms with van der Waals surface area (Å²) in [6.07, 6.45) is 0. The summed E-state index contributed by atoms with van der Waals surface area (Å²) in [4.78, 5) is 19.7. The standard InChI is InChI=1S/C5H6BrClO4/c1-11-5(10)3(7)2(6)4(8)9/h2-3H,1H3,(H,8,9). The van der Waals surface area contributed by atoms with Gasteiger partial charge in [-0.2, -0.15) is 0 Å². The minimum absolute atomic E-state index is 0.768. The molecule has 0 fully saturated rings. The highest BCUT2D eigenvalue weighted by Gasteiger charge is 2.30. The fourth-order valence-corrected chi connectivity index (χ4v) is 0.770. The molecular weight excluding hydrogens is 239 g/mol. The molecule has 1 N–H and O–H groups in total. The molecule has 0 heterocycles. The number of aliphatic carboxylic acids is 1. The number of methoxy groups -OCH3 is 1. The number of halogens is 2. The van der Waals surface area contributed by atoms with Gasteiger partial charge >= 0.3 is 11.9 Å². The van der Waals surface area contributed by atoms with Gasteiger partial charge in [-0.15, -0.1) is 11.6 Å². The van der Waals surface area contributed by atoms with Gasteiger partial charge in [0.05, 0.1) is 7.11 Å². The smallest absolute Gasteiger partial charge is 0.325 e. The summed E-state index contributed by atoms with van der Waals surface area (Å²) >= 11 is 8.09. The first-order chi connectivity index (χ1) is 5.00. The van der Waals surface area contributed by atoms with Gasteiger partial charge in [-0.1, -0.05) is 15.9 Å². The van der Waals surface area contributed by atoms with Gasteiger partial charge in [0.1, 0.15) is 4.83 Å². The number of carbonyl (C=O) groups excluding carboxylic acids is 1. The van der Waals surface area contributed by atoms with Crippen LogP contribution in [0.4, 0.5) is 0 Å². The number of carboxylic acids is 1. The molecular formula is C5H6BrClO4. The molecule has 64 valence electrons. The molecule has 2 unspecified atom stereocenters. The van der Waals surface area contributed by atoms with Crippen LogP contribution in [0.3, 0.4) is 0 Å². The van der Waals surface area contributed by atoms with Crippen molar-refractivity contribution in [3.05, 3.63) is 0 Å². The van der Waals surface area contributed by atoms with E-state index >= 15 is 0 Å². The van der Waals surface area contributed by atoms with E-state index in [0.29, 0.717) is 0 Å². The lowest BCUT2D eigenvalue weighted by atomic mass is 10.3. The summed E-state index contributed by atoms with van der Waals surface area (Å²) in [7, 11) is 1.14. The summed E-state index contributed by atoms with van der Waals surface area (Å²) in [6, 6.07) is 0. The summed E-state index contributed by atoms with van der Waals surface area (Å²) in [6.45, 7) is 0. The topological polar surface area (TPSA) is 63.6 Å². The molecule has 11 heavy (non-hydrogen) atoms. The Hall–Kier alpha value is -0.290. The fraction of sp³-hybridized carbons (Fsp3) is 0.600. The maximum atomic E-state index is 10.6. The van der Waals surface area contributed by atoms with E-state index in [1.807, 2.05) is 0 Å². The van der Waals surface area contributed by atoms with Crippen LogP contribution < -0.4 is 0 Å². The molecule has 0 rings (SSSR count). The average molecular weight is 245 g/mol. The SMILES string of the molecule is COC(=O)C(Cl)C(Br)C(=O)O. The number of hydrogen-bond acceptors (Lipinski definition) is 3. The van der Waals surface area contributed by atoms with E-state index in [2.05, 4.69) is 20.7 Å². The maximum absolute atomic E-state index is 10.6. The highest BCUT2D eigenvalue weighted by molar-refractivity contribution is 9.10. The number of rotatable bonds is 3. The van der Waals surface area contributed by atoms with Crippen LogP contribution in [0.5, 0.6) is 0 Å². The Bertz CT molecular complexity index is 172. The Morgan fingerprint density at radius 2 is 2.09 bits per heavy atom. The normalized spacial score (nSPS) is 15.2. The van der Waals surface area contributed by atoms with Crippen LogP contribution in [0.15, 0.2) is 0 Å². The van der Waals surface area contributed by atoms with Gasteiger partial charge in [-0.3, -0.25) is 9.59 Å². The van der Waals surface area contributed by atoms with Crippen molar-refractivity contribution in [2.24, 2.45) is 0 Å². The first-order valence-electron chi connectivity index (χ1n) is 2.59. The van der Waals surface area contributed by atoms with Crippen molar-refractivity contribution in [1.29, 1.82) is 0 Å². The van der Waals surface area contributed by atoms with Gasteiger partial charge in [-0.25, -0.2) is 0 Å². The molecule has 0 radical (unpaired) electrons. The molecule has 0 aromatic heterocycles. The van der Waals surface area contributed by atoms with Crippen molar-refractivity contribution in [2.45, 2.75) is 10.2 Å². The van der Waals surface area contributed by atoms with Crippen LogP contribution in [0.2, 0.25) is 0 Å². The van der Waals surface area contributed by atoms with Crippen molar-refractivity contribution >= 4 is 39.5 Å². The zero-order chi connectivity index (χ0) is 9.02. The zero-order valence-electron chi connectivity index (χ0n) is 5.58. The number of hydrogen-bond donors (Lipinski definition) is 1. The maximum Gasteiger partial charge on any atom is 0.325 e. The molecule has 2 atom stereocenters. The third kappa shape index (κ3) is 3.07. The van der Waals surface area contributed by atoms with Crippen molar-refractivity contribution in [1.82, 2.24) is 0 Å². The molecule has 0 aromatic rings. The van der Waals surface area contributed by atoms with Gasteiger partial charge in [-0.05, 0) is 0 Å². The van der Waals surface area contributed by atoms with Crippen molar-refractivity contribution < 1.29 is 19.4 Å². The molecule has 0 bridgehead atoms. The second-order valence-corrected chi connectivity index (χ2v) is 3.12. The van der Waals surface area contributed by atoms with E-state index in [4.69, 9.17) is 16.7 Å². The molecule has 4 nitrogen and oxygen atoms in total. The average Bonchev–Trinajstić information content (AvgIpc) is 2.00. The molecule has 0 saturated carbocycles. The van der Waals surface area contributed by atoms with E-state index in [0.717, 1.165) is 7.11 Å². The van der Waals surface area contributed by atoms with E-state index < -0.39 is 22.1 Å². The minimum atomic E-state index is -1.20. The van der Waals surface area contributed by atoms with Gasteiger partial charge < -0.3 is 9.84 Å². The molecule has 0 spiro atoms. The largest absolute Gasteiger partial charge is 0.480 e. The third-order valence-corrected chi connectivity index (χ3v) is 2.57. The third-order valence-electron chi connectivity index (χ3n) is 0.919.